The molecule has 6 nitrogen and oxygen atoms in total. The van der Waals surface area contributed by atoms with Crippen LogP contribution in [0.4, 0.5) is 22.0 Å². The van der Waals surface area contributed by atoms with Crippen molar-refractivity contribution < 1.29 is 36.3 Å². The normalized spacial score (nSPS) is 15.4. The first-order chi connectivity index (χ1) is 14.5. The number of aromatic hydroxyl groups is 1. The summed E-state index contributed by atoms with van der Waals surface area (Å²) in [6.07, 6.45) is -3.37. The van der Waals surface area contributed by atoms with Gasteiger partial charge >= 0.3 is 6.18 Å². The van der Waals surface area contributed by atoms with Crippen LogP contribution in [-0.2, 0) is 6.18 Å². The number of phenols is 1. The summed E-state index contributed by atoms with van der Waals surface area (Å²) in [7, 11) is 0. The molecule has 1 aromatic heterocycles. The van der Waals surface area contributed by atoms with Crippen LogP contribution in [0.1, 0.15) is 35.2 Å². The molecule has 0 spiro atoms. The number of nitrogens with zero attached hydrogens (tertiary/aromatic N) is 2. The van der Waals surface area contributed by atoms with Crippen LogP contribution in [-0.4, -0.2) is 21.5 Å². The van der Waals surface area contributed by atoms with Crippen LogP contribution in [0.25, 0.3) is 22.6 Å². The minimum Gasteiger partial charge on any atom is -0.503 e. The molecule has 0 bridgehead atoms. The van der Waals surface area contributed by atoms with Crippen molar-refractivity contribution in [2.75, 3.05) is 0 Å². The van der Waals surface area contributed by atoms with Gasteiger partial charge in [-0.15, -0.1) is 0 Å². The Balaban J connectivity index is 1.73. The van der Waals surface area contributed by atoms with Crippen molar-refractivity contribution >= 4 is 17.0 Å². The van der Waals surface area contributed by atoms with Crippen molar-refractivity contribution in [3.05, 3.63) is 47.0 Å². The number of benzene rings is 2. The van der Waals surface area contributed by atoms with Crippen LogP contribution in [0, 0.1) is 23.0 Å². The van der Waals surface area contributed by atoms with Crippen LogP contribution >= 0.6 is 0 Å². The van der Waals surface area contributed by atoms with E-state index >= 15 is 0 Å². The molecule has 160 valence electrons. The van der Waals surface area contributed by atoms with Crippen molar-refractivity contribution in [2.45, 2.75) is 31.0 Å². The number of alkyl halides is 3. The van der Waals surface area contributed by atoms with E-state index in [0.29, 0.717) is 12.8 Å². The number of rotatable bonds is 3. The molecule has 0 aliphatic heterocycles. The highest BCUT2D eigenvalue weighted by molar-refractivity contribution is 5.98. The number of nitriles is 1. The second-order valence-electron chi connectivity index (χ2n) is 7.15. The predicted molar refractivity (Wildman–Crippen MR) is 95.7 cm³/mol. The Hall–Kier alpha value is -3.68. The molecule has 0 radical (unpaired) electrons. The van der Waals surface area contributed by atoms with E-state index in [9.17, 15) is 37.1 Å². The van der Waals surface area contributed by atoms with Crippen LogP contribution in [0.2, 0.25) is 0 Å². The molecule has 11 heteroatoms. The quantitative estimate of drug-likeness (QED) is 0.580. The first kappa shape index (κ1) is 20.6. The second kappa shape index (κ2) is 6.94. The summed E-state index contributed by atoms with van der Waals surface area (Å²) in [5.41, 5.74) is -3.59. The van der Waals surface area contributed by atoms with Gasteiger partial charge in [-0.1, -0.05) is 0 Å². The number of aromatic nitrogens is 1. The van der Waals surface area contributed by atoms with Crippen molar-refractivity contribution in [1.29, 1.82) is 5.26 Å². The molecule has 1 heterocycles. The van der Waals surface area contributed by atoms with E-state index in [1.807, 2.05) is 0 Å². The van der Waals surface area contributed by atoms with Crippen molar-refractivity contribution in [2.24, 2.45) is 0 Å². The lowest BCUT2D eigenvalue weighted by atomic mass is 9.78. The van der Waals surface area contributed by atoms with Gasteiger partial charge in [0.1, 0.15) is 11.1 Å². The molecule has 1 aliphatic rings. The maximum atomic E-state index is 14.3. The van der Waals surface area contributed by atoms with Gasteiger partial charge in [0, 0.05) is 5.56 Å². The number of halogens is 5. The first-order valence-electron chi connectivity index (χ1n) is 8.97. The van der Waals surface area contributed by atoms with Gasteiger partial charge in [-0.25, -0.2) is 13.8 Å². The highest BCUT2D eigenvalue weighted by atomic mass is 19.4. The number of phenolic OH excluding ortho intramolecular Hbond substituents is 1. The Morgan fingerprint density at radius 2 is 1.94 bits per heavy atom. The van der Waals surface area contributed by atoms with E-state index in [0.717, 1.165) is 6.42 Å². The maximum absolute atomic E-state index is 14.3. The minimum absolute atomic E-state index is 0.0130. The summed E-state index contributed by atoms with van der Waals surface area (Å²) < 4.78 is 72.2. The van der Waals surface area contributed by atoms with E-state index in [1.165, 1.54) is 18.2 Å². The summed E-state index contributed by atoms with van der Waals surface area (Å²) in [4.78, 5) is 16.3. The van der Waals surface area contributed by atoms with Gasteiger partial charge in [0.15, 0.2) is 23.0 Å². The molecule has 1 fully saturated rings. The van der Waals surface area contributed by atoms with Crippen LogP contribution in [0.15, 0.2) is 28.7 Å². The molecule has 2 N–H and O–H groups in total. The zero-order valence-corrected chi connectivity index (χ0v) is 15.5. The van der Waals surface area contributed by atoms with Crippen molar-refractivity contribution in [3.63, 3.8) is 0 Å². The zero-order chi connectivity index (χ0) is 22.6. The second-order valence-corrected chi connectivity index (χ2v) is 7.15. The van der Waals surface area contributed by atoms with Gasteiger partial charge in [0.25, 0.3) is 5.91 Å². The Bertz CT molecular complexity index is 1260. The molecule has 1 amide bonds. The van der Waals surface area contributed by atoms with E-state index < -0.39 is 52.0 Å². The van der Waals surface area contributed by atoms with E-state index in [-0.39, 0.29) is 22.7 Å². The van der Waals surface area contributed by atoms with Crippen LogP contribution in [0.3, 0.4) is 0 Å². The summed E-state index contributed by atoms with van der Waals surface area (Å²) >= 11 is 0. The Morgan fingerprint density at radius 3 is 2.52 bits per heavy atom. The number of amides is 1. The SMILES string of the molecule is N#CC1(NC(=O)c2ccc3oc(-c4cc(C(F)(F)F)c(F)c(O)c4F)nc3c2)CCC1. The van der Waals surface area contributed by atoms with Crippen LogP contribution in [0.5, 0.6) is 5.75 Å². The summed E-state index contributed by atoms with van der Waals surface area (Å²) in [5, 5.41) is 21.3. The topological polar surface area (TPSA) is 99.2 Å². The van der Waals surface area contributed by atoms with Gasteiger partial charge in [-0.3, -0.25) is 4.79 Å². The molecule has 3 aromatic rings. The first-order valence-corrected chi connectivity index (χ1v) is 8.97. The lowest BCUT2D eigenvalue weighted by Gasteiger charge is -2.35. The van der Waals surface area contributed by atoms with Gasteiger partial charge < -0.3 is 14.8 Å². The highest BCUT2D eigenvalue weighted by Gasteiger charge is 2.39. The molecule has 0 unspecified atom stereocenters. The van der Waals surface area contributed by atoms with E-state index in [4.69, 9.17) is 4.42 Å². The zero-order valence-electron chi connectivity index (χ0n) is 15.5. The Kier molecular flexibility index (Phi) is 4.61. The lowest BCUT2D eigenvalue weighted by molar-refractivity contribution is -0.140. The smallest absolute Gasteiger partial charge is 0.419 e. The molecular weight excluding hydrogens is 425 g/mol. The van der Waals surface area contributed by atoms with Gasteiger partial charge in [-0.05, 0) is 43.5 Å². The minimum atomic E-state index is -5.19. The third-order valence-electron chi connectivity index (χ3n) is 5.14. The number of nitrogens with one attached hydrogen (secondary N) is 1. The largest absolute Gasteiger partial charge is 0.503 e. The fourth-order valence-corrected chi connectivity index (χ4v) is 3.25. The van der Waals surface area contributed by atoms with Gasteiger partial charge in [0.2, 0.25) is 5.89 Å². The molecule has 31 heavy (non-hydrogen) atoms. The third kappa shape index (κ3) is 3.43. The number of fused-ring (bicyclic) bond motifs is 1. The molecule has 2 aromatic carbocycles. The predicted octanol–water partition coefficient (Wildman–Crippen LogP) is 4.67. The third-order valence-corrected chi connectivity index (χ3v) is 5.14. The summed E-state index contributed by atoms with van der Waals surface area (Å²) in [6.45, 7) is 0. The fourth-order valence-electron chi connectivity index (χ4n) is 3.25. The molecule has 4 rings (SSSR count). The average molecular weight is 437 g/mol. The van der Waals surface area contributed by atoms with Crippen LogP contribution < -0.4 is 5.32 Å². The summed E-state index contributed by atoms with van der Waals surface area (Å²) in [6, 6.07) is 6.11. The average Bonchev–Trinajstić information content (AvgIpc) is 3.10. The standard InChI is InChI=1S/C20H12F5N3O3/c21-14-10(7-11(20(23,24)25)15(22)16(14)29)18-27-12-6-9(2-3-13(12)31-18)17(30)28-19(8-26)4-1-5-19/h2-3,6-7,29H,1,4-5H2,(H,28,30). The molecule has 1 aliphatic carbocycles. The number of carbonyl (C=O) groups is 1. The number of oxazole rings is 1. The Labute approximate surface area is 170 Å². The summed E-state index contributed by atoms with van der Waals surface area (Å²) in [5.74, 6) is -6.83. The van der Waals surface area contributed by atoms with Gasteiger partial charge in [-0.2, -0.15) is 18.4 Å². The number of hydrogen-bond acceptors (Lipinski definition) is 5. The molecule has 0 saturated heterocycles. The van der Waals surface area contributed by atoms with E-state index in [1.54, 1.807) is 0 Å². The van der Waals surface area contributed by atoms with E-state index in [2.05, 4.69) is 16.4 Å². The monoisotopic (exact) mass is 437 g/mol. The fraction of sp³-hybridized carbons (Fsp3) is 0.250. The van der Waals surface area contributed by atoms with Crippen molar-refractivity contribution in [3.8, 4) is 23.3 Å². The maximum Gasteiger partial charge on any atom is 0.419 e. The van der Waals surface area contributed by atoms with Gasteiger partial charge in [0.05, 0.1) is 17.2 Å². The Morgan fingerprint density at radius 1 is 1.23 bits per heavy atom. The lowest BCUT2D eigenvalue weighted by Crippen LogP contribution is -2.52. The molecule has 0 atom stereocenters. The number of hydrogen-bond donors (Lipinski definition) is 2. The highest BCUT2D eigenvalue weighted by Crippen LogP contribution is 2.40. The molecular formula is C20H12F5N3O3. The molecule has 1 saturated carbocycles. The number of carbonyl (C=O) groups excluding carboxylic acids is 1. The van der Waals surface area contributed by atoms with Crippen molar-refractivity contribution in [1.82, 2.24) is 10.3 Å².